The molecule has 0 aromatic heterocycles. The van der Waals surface area contributed by atoms with E-state index in [0.29, 0.717) is 6.54 Å². The first-order chi connectivity index (χ1) is 12.6. The fourth-order valence-electron chi connectivity index (χ4n) is 2.52. The maximum Gasteiger partial charge on any atom is 0.407 e. The molecule has 0 aliphatic heterocycles. The van der Waals surface area contributed by atoms with E-state index in [9.17, 15) is 19.7 Å². The summed E-state index contributed by atoms with van der Waals surface area (Å²) in [5.74, 6) is -0.0901. The van der Waals surface area contributed by atoms with Gasteiger partial charge in [-0.25, -0.2) is 4.79 Å². The largest absolute Gasteiger partial charge is 0.444 e. The molecule has 27 heavy (non-hydrogen) atoms. The van der Waals surface area contributed by atoms with Crippen molar-refractivity contribution in [2.45, 2.75) is 58.5 Å². The molecule has 1 rings (SSSR count). The van der Waals surface area contributed by atoms with Crippen LogP contribution in [-0.2, 0) is 9.53 Å². The highest BCUT2D eigenvalue weighted by Gasteiger charge is 2.17. The van der Waals surface area contributed by atoms with Crippen LogP contribution in [0.1, 0.15) is 58.4 Å². The second kappa shape index (κ2) is 10.5. The molecule has 1 atom stereocenters. The van der Waals surface area contributed by atoms with Gasteiger partial charge in [0.2, 0.25) is 5.91 Å². The average molecular weight is 379 g/mol. The number of ether oxygens (including phenoxy) is 1. The maximum atomic E-state index is 12.0. The summed E-state index contributed by atoms with van der Waals surface area (Å²) in [5.41, 5.74) is 0.422. The second-order valence-electron chi connectivity index (χ2n) is 7.32. The van der Waals surface area contributed by atoms with Crippen LogP contribution in [0.25, 0.3) is 0 Å². The summed E-state index contributed by atoms with van der Waals surface area (Å²) in [6.07, 6.45) is 1.38. The molecule has 0 bridgehead atoms. The van der Waals surface area contributed by atoms with Crippen molar-refractivity contribution >= 4 is 17.7 Å². The highest BCUT2D eigenvalue weighted by Crippen LogP contribution is 2.23. The zero-order chi connectivity index (χ0) is 20.4. The number of carbonyl (C=O) groups is 2. The summed E-state index contributed by atoms with van der Waals surface area (Å²) in [7, 11) is 0. The van der Waals surface area contributed by atoms with E-state index in [-0.39, 0.29) is 30.5 Å². The summed E-state index contributed by atoms with van der Waals surface area (Å²) in [6, 6.07) is 6.42. The number of carbonyl (C=O) groups excluding carboxylic acids is 2. The Morgan fingerprint density at radius 3 is 2.33 bits per heavy atom. The SMILES string of the molecule is CCCC(CNC(=O)CCNC(=O)OC(C)(C)C)c1ccc([N+](=O)[O-])cc1. The lowest BCUT2D eigenvalue weighted by Gasteiger charge is -2.20. The van der Waals surface area contributed by atoms with Gasteiger partial charge >= 0.3 is 6.09 Å². The van der Waals surface area contributed by atoms with Crippen LogP contribution >= 0.6 is 0 Å². The van der Waals surface area contributed by atoms with Crippen molar-refractivity contribution in [2.75, 3.05) is 13.1 Å². The third-order valence-corrected chi connectivity index (χ3v) is 3.78. The van der Waals surface area contributed by atoms with Crippen LogP contribution in [0.5, 0.6) is 0 Å². The number of amides is 2. The average Bonchev–Trinajstić information content (AvgIpc) is 2.57. The Bertz CT molecular complexity index is 638. The topological polar surface area (TPSA) is 111 Å². The third-order valence-electron chi connectivity index (χ3n) is 3.78. The predicted molar refractivity (Wildman–Crippen MR) is 103 cm³/mol. The first kappa shape index (κ1) is 22.4. The number of hydrogen-bond donors (Lipinski definition) is 2. The van der Waals surface area contributed by atoms with E-state index in [0.717, 1.165) is 18.4 Å². The van der Waals surface area contributed by atoms with E-state index in [1.165, 1.54) is 12.1 Å². The standard InChI is InChI=1S/C19H29N3O5/c1-5-6-15(14-7-9-16(10-8-14)22(25)26)13-21-17(23)11-12-20-18(24)27-19(2,3)4/h7-10,15H,5-6,11-13H2,1-4H3,(H,20,24)(H,21,23). The lowest BCUT2D eigenvalue weighted by Crippen LogP contribution is -2.36. The Morgan fingerprint density at radius 2 is 1.81 bits per heavy atom. The van der Waals surface area contributed by atoms with Crippen molar-refractivity contribution < 1.29 is 19.2 Å². The molecule has 0 saturated heterocycles. The van der Waals surface area contributed by atoms with Gasteiger partial charge < -0.3 is 15.4 Å². The van der Waals surface area contributed by atoms with Gasteiger partial charge in [-0.05, 0) is 32.8 Å². The Morgan fingerprint density at radius 1 is 1.19 bits per heavy atom. The molecule has 8 nitrogen and oxygen atoms in total. The fraction of sp³-hybridized carbons (Fsp3) is 0.579. The number of non-ortho nitro benzene ring substituents is 1. The summed E-state index contributed by atoms with van der Waals surface area (Å²) < 4.78 is 5.10. The Kier molecular flexibility index (Phi) is 8.71. The van der Waals surface area contributed by atoms with Gasteiger partial charge in [0.15, 0.2) is 0 Å². The molecule has 0 spiro atoms. The zero-order valence-corrected chi connectivity index (χ0v) is 16.4. The molecule has 0 aliphatic carbocycles. The van der Waals surface area contributed by atoms with Crippen LogP contribution in [0, 0.1) is 10.1 Å². The molecule has 2 amide bonds. The molecule has 1 aromatic rings. The van der Waals surface area contributed by atoms with Crippen LogP contribution in [0.15, 0.2) is 24.3 Å². The minimum atomic E-state index is -0.579. The van der Waals surface area contributed by atoms with Crippen LogP contribution in [0.2, 0.25) is 0 Å². The highest BCUT2D eigenvalue weighted by molar-refractivity contribution is 5.77. The molecule has 2 N–H and O–H groups in total. The summed E-state index contributed by atoms with van der Waals surface area (Å²) in [5, 5.41) is 16.2. The van der Waals surface area contributed by atoms with Crippen molar-refractivity contribution in [2.24, 2.45) is 0 Å². The van der Waals surface area contributed by atoms with Crippen molar-refractivity contribution in [3.63, 3.8) is 0 Å². The molecular weight excluding hydrogens is 350 g/mol. The molecule has 1 aromatic carbocycles. The third kappa shape index (κ3) is 9.03. The quantitative estimate of drug-likeness (QED) is 0.504. The van der Waals surface area contributed by atoms with E-state index in [2.05, 4.69) is 10.6 Å². The van der Waals surface area contributed by atoms with E-state index >= 15 is 0 Å². The van der Waals surface area contributed by atoms with Crippen LogP contribution in [0.3, 0.4) is 0 Å². The van der Waals surface area contributed by atoms with Gasteiger partial charge in [-0.3, -0.25) is 14.9 Å². The molecular formula is C19H29N3O5. The summed E-state index contributed by atoms with van der Waals surface area (Å²) in [4.78, 5) is 33.9. The minimum Gasteiger partial charge on any atom is -0.444 e. The van der Waals surface area contributed by atoms with Crippen molar-refractivity contribution in [1.29, 1.82) is 0 Å². The molecule has 1 unspecified atom stereocenters. The number of nitrogens with zero attached hydrogens (tertiary/aromatic N) is 1. The van der Waals surface area contributed by atoms with E-state index in [1.54, 1.807) is 32.9 Å². The number of nitro benzene ring substituents is 1. The number of nitro groups is 1. The van der Waals surface area contributed by atoms with Crippen molar-refractivity contribution in [3.8, 4) is 0 Å². The minimum absolute atomic E-state index is 0.0475. The zero-order valence-electron chi connectivity index (χ0n) is 16.4. The molecule has 0 aliphatic rings. The van der Waals surface area contributed by atoms with Crippen LogP contribution in [-0.4, -0.2) is 35.6 Å². The Hall–Kier alpha value is -2.64. The van der Waals surface area contributed by atoms with Crippen LogP contribution in [0.4, 0.5) is 10.5 Å². The molecule has 0 heterocycles. The first-order valence-corrected chi connectivity index (χ1v) is 9.10. The van der Waals surface area contributed by atoms with E-state index in [1.807, 2.05) is 6.92 Å². The van der Waals surface area contributed by atoms with E-state index in [4.69, 9.17) is 4.74 Å². The summed E-state index contributed by atoms with van der Waals surface area (Å²) >= 11 is 0. The molecule has 0 radical (unpaired) electrons. The fourth-order valence-corrected chi connectivity index (χ4v) is 2.52. The van der Waals surface area contributed by atoms with Gasteiger partial charge in [-0.2, -0.15) is 0 Å². The van der Waals surface area contributed by atoms with Gasteiger partial charge in [-0.15, -0.1) is 0 Å². The Labute approximate surface area is 159 Å². The van der Waals surface area contributed by atoms with Gasteiger partial charge in [-0.1, -0.05) is 25.5 Å². The molecule has 0 saturated carbocycles. The molecule has 8 heteroatoms. The second-order valence-corrected chi connectivity index (χ2v) is 7.32. The predicted octanol–water partition coefficient (Wildman–Crippen LogP) is 3.51. The van der Waals surface area contributed by atoms with Crippen molar-refractivity contribution in [1.82, 2.24) is 10.6 Å². The monoisotopic (exact) mass is 379 g/mol. The van der Waals surface area contributed by atoms with Crippen molar-refractivity contribution in [3.05, 3.63) is 39.9 Å². The smallest absolute Gasteiger partial charge is 0.407 e. The number of hydrogen-bond acceptors (Lipinski definition) is 5. The molecule has 0 fully saturated rings. The Balaban J connectivity index is 2.46. The lowest BCUT2D eigenvalue weighted by molar-refractivity contribution is -0.384. The van der Waals surface area contributed by atoms with Gasteiger partial charge in [0, 0.05) is 37.6 Å². The number of alkyl carbamates (subject to hydrolysis) is 1. The summed E-state index contributed by atoms with van der Waals surface area (Å²) in [6.45, 7) is 7.99. The maximum absolute atomic E-state index is 12.0. The normalized spacial score (nSPS) is 12.1. The van der Waals surface area contributed by atoms with Crippen LogP contribution < -0.4 is 10.6 Å². The van der Waals surface area contributed by atoms with Gasteiger partial charge in [0.25, 0.3) is 5.69 Å². The molecule has 150 valence electrons. The lowest BCUT2D eigenvalue weighted by atomic mass is 9.94. The number of nitrogens with one attached hydrogen (secondary N) is 2. The highest BCUT2D eigenvalue weighted by atomic mass is 16.6. The number of benzene rings is 1. The first-order valence-electron chi connectivity index (χ1n) is 9.10. The van der Waals surface area contributed by atoms with E-state index < -0.39 is 16.6 Å². The number of rotatable bonds is 9. The van der Waals surface area contributed by atoms with Gasteiger partial charge in [0.05, 0.1) is 4.92 Å². The van der Waals surface area contributed by atoms with Gasteiger partial charge in [0.1, 0.15) is 5.60 Å².